The van der Waals surface area contributed by atoms with Gasteiger partial charge in [0.2, 0.25) is 0 Å². The summed E-state index contributed by atoms with van der Waals surface area (Å²) in [5.41, 5.74) is 1.97. The van der Waals surface area contributed by atoms with Gasteiger partial charge in [0.15, 0.2) is 11.5 Å². The fraction of sp³-hybridized carbons (Fsp3) is 0.250. The molecular formula is C16H15BrCl2O2. The van der Waals surface area contributed by atoms with E-state index in [2.05, 4.69) is 15.9 Å². The number of benzene rings is 2. The summed E-state index contributed by atoms with van der Waals surface area (Å²) < 4.78 is 11.4. The topological polar surface area (TPSA) is 18.5 Å². The van der Waals surface area contributed by atoms with Crippen molar-refractivity contribution in [2.24, 2.45) is 0 Å². The van der Waals surface area contributed by atoms with Gasteiger partial charge in [0, 0.05) is 10.9 Å². The van der Waals surface area contributed by atoms with E-state index in [-0.39, 0.29) is 0 Å². The number of rotatable bonds is 6. The molecule has 0 bridgehead atoms. The molecule has 0 aromatic heterocycles. The molecule has 21 heavy (non-hydrogen) atoms. The lowest BCUT2D eigenvalue weighted by Gasteiger charge is -2.13. The second-order valence-corrected chi connectivity index (χ2v) is 5.70. The zero-order valence-corrected chi connectivity index (χ0v) is 14.6. The van der Waals surface area contributed by atoms with E-state index in [9.17, 15) is 0 Å². The zero-order valence-electron chi connectivity index (χ0n) is 11.5. The Bertz CT molecular complexity index is 617. The van der Waals surface area contributed by atoms with Gasteiger partial charge in [-0.3, -0.25) is 0 Å². The van der Waals surface area contributed by atoms with Gasteiger partial charge < -0.3 is 9.47 Å². The lowest BCUT2D eigenvalue weighted by atomic mass is 10.2. The number of halogens is 3. The monoisotopic (exact) mass is 388 g/mol. The molecule has 0 aliphatic heterocycles. The maximum absolute atomic E-state index is 6.16. The van der Waals surface area contributed by atoms with Crippen molar-refractivity contribution in [3.05, 3.63) is 57.6 Å². The van der Waals surface area contributed by atoms with Crippen LogP contribution in [0.15, 0.2) is 36.4 Å². The fourth-order valence-corrected chi connectivity index (χ4v) is 2.56. The Morgan fingerprint density at radius 3 is 2.57 bits per heavy atom. The molecule has 0 saturated carbocycles. The maximum atomic E-state index is 6.16. The quantitative estimate of drug-likeness (QED) is 0.575. The van der Waals surface area contributed by atoms with Gasteiger partial charge in [-0.05, 0) is 30.7 Å². The fourth-order valence-electron chi connectivity index (χ4n) is 1.84. The Morgan fingerprint density at radius 2 is 1.86 bits per heavy atom. The summed E-state index contributed by atoms with van der Waals surface area (Å²) in [4.78, 5) is 0. The maximum Gasteiger partial charge on any atom is 0.161 e. The van der Waals surface area contributed by atoms with Crippen LogP contribution >= 0.6 is 39.1 Å². The van der Waals surface area contributed by atoms with Crippen LogP contribution in [0.1, 0.15) is 18.1 Å². The minimum atomic E-state index is 0.340. The van der Waals surface area contributed by atoms with Gasteiger partial charge in [-0.2, -0.15) is 0 Å². The average Bonchev–Trinajstić information content (AvgIpc) is 2.50. The normalized spacial score (nSPS) is 10.5. The molecule has 0 fully saturated rings. The van der Waals surface area contributed by atoms with Gasteiger partial charge in [-0.25, -0.2) is 0 Å². The number of alkyl halides is 1. The summed E-state index contributed by atoms with van der Waals surface area (Å²) in [5, 5.41) is 1.82. The van der Waals surface area contributed by atoms with Crippen molar-refractivity contribution in [2.75, 3.05) is 6.61 Å². The van der Waals surface area contributed by atoms with E-state index >= 15 is 0 Å². The second-order valence-electron chi connectivity index (χ2n) is 4.35. The minimum Gasteiger partial charge on any atom is -0.490 e. The molecule has 0 amide bonds. The Morgan fingerprint density at radius 1 is 1.05 bits per heavy atom. The van der Waals surface area contributed by atoms with Crippen LogP contribution in [0.4, 0.5) is 0 Å². The van der Waals surface area contributed by atoms with Gasteiger partial charge in [-0.1, -0.05) is 57.3 Å². The first kappa shape index (κ1) is 16.5. The van der Waals surface area contributed by atoms with Crippen LogP contribution in [0.3, 0.4) is 0 Å². The molecule has 5 heteroatoms. The molecule has 112 valence electrons. The van der Waals surface area contributed by atoms with Gasteiger partial charge in [0.05, 0.1) is 16.7 Å². The molecular weight excluding hydrogens is 375 g/mol. The van der Waals surface area contributed by atoms with Crippen molar-refractivity contribution in [2.45, 2.75) is 18.9 Å². The van der Waals surface area contributed by atoms with Crippen molar-refractivity contribution in [3.8, 4) is 11.5 Å². The standard InChI is InChI=1S/C16H15BrCl2O2/c1-2-20-15-8-11(9-17)6-7-14(15)21-10-12-4-3-5-13(18)16(12)19/h3-8H,2,9-10H2,1H3. The third kappa shape index (κ3) is 4.29. The molecule has 0 saturated heterocycles. The van der Waals surface area contributed by atoms with E-state index in [1.54, 1.807) is 6.07 Å². The Balaban J connectivity index is 2.17. The van der Waals surface area contributed by atoms with Gasteiger partial charge in [-0.15, -0.1) is 0 Å². The van der Waals surface area contributed by atoms with Crippen LogP contribution in [0.5, 0.6) is 11.5 Å². The van der Waals surface area contributed by atoms with E-state index in [1.807, 2.05) is 37.3 Å². The Hall–Kier alpha value is -0.900. The second kappa shape index (κ2) is 7.92. The first-order chi connectivity index (χ1) is 10.2. The van der Waals surface area contributed by atoms with Gasteiger partial charge in [0.1, 0.15) is 6.61 Å². The molecule has 0 heterocycles. The highest BCUT2D eigenvalue weighted by atomic mass is 79.9. The summed E-state index contributed by atoms with van der Waals surface area (Å²) in [6, 6.07) is 11.4. The Labute approximate surface area is 143 Å². The van der Waals surface area contributed by atoms with Crippen LogP contribution in [0.25, 0.3) is 0 Å². The van der Waals surface area contributed by atoms with Crippen LogP contribution in [0.2, 0.25) is 10.0 Å². The van der Waals surface area contributed by atoms with Crippen molar-refractivity contribution in [1.29, 1.82) is 0 Å². The van der Waals surface area contributed by atoms with E-state index in [4.69, 9.17) is 32.7 Å². The van der Waals surface area contributed by atoms with Gasteiger partial charge >= 0.3 is 0 Å². The predicted octanol–water partition coefficient (Wildman–Crippen LogP) is 5.87. The van der Waals surface area contributed by atoms with Crippen molar-refractivity contribution in [1.82, 2.24) is 0 Å². The first-order valence-corrected chi connectivity index (χ1v) is 8.40. The van der Waals surface area contributed by atoms with E-state index in [0.717, 1.165) is 22.2 Å². The van der Waals surface area contributed by atoms with Crippen molar-refractivity contribution >= 4 is 39.1 Å². The molecule has 0 atom stereocenters. The molecule has 0 spiro atoms. The SMILES string of the molecule is CCOc1cc(CBr)ccc1OCc1cccc(Cl)c1Cl. The summed E-state index contributed by atoms with van der Waals surface area (Å²) in [5.74, 6) is 1.42. The van der Waals surface area contributed by atoms with Crippen molar-refractivity contribution in [3.63, 3.8) is 0 Å². The lowest BCUT2D eigenvalue weighted by Crippen LogP contribution is -2.01. The highest BCUT2D eigenvalue weighted by Crippen LogP contribution is 2.31. The molecule has 0 unspecified atom stereocenters. The predicted molar refractivity (Wildman–Crippen MR) is 91.0 cm³/mol. The summed E-state index contributed by atoms with van der Waals surface area (Å²) in [7, 11) is 0. The molecule has 0 N–H and O–H groups in total. The van der Waals surface area contributed by atoms with E-state index in [1.165, 1.54) is 0 Å². The first-order valence-electron chi connectivity index (χ1n) is 6.53. The average molecular weight is 390 g/mol. The van der Waals surface area contributed by atoms with Gasteiger partial charge in [0.25, 0.3) is 0 Å². The highest BCUT2D eigenvalue weighted by molar-refractivity contribution is 9.08. The van der Waals surface area contributed by atoms with Crippen LogP contribution in [0, 0.1) is 0 Å². The summed E-state index contributed by atoms with van der Waals surface area (Å²) >= 11 is 15.6. The lowest BCUT2D eigenvalue weighted by molar-refractivity contribution is 0.269. The highest BCUT2D eigenvalue weighted by Gasteiger charge is 2.09. The molecule has 2 rings (SSSR count). The smallest absolute Gasteiger partial charge is 0.161 e. The summed E-state index contributed by atoms with van der Waals surface area (Å²) in [6.45, 7) is 2.87. The molecule has 0 radical (unpaired) electrons. The molecule has 0 aliphatic rings. The van der Waals surface area contributed by atoms with Crippen molar-refractivity contribution < 1.29 is 9.47 Å². The molecule has 0 aliphatic carbocycles. The summed E-state index contributed by atoms with van der Waals surface area (Å²) in [6.07, 6.45) is 0. The third-order valence-corrected chi connectivity index (χ3v) is 4.38. The van der Waals surface area contributed by atoms with Crippen LogP contribution in [-0.2, 0) is 11.9 Å². The number of ether oxygens (including phenoxy) is 2. The molecule has 2 aromatic rings. The zero-order chi connectivity index (χ0) is 15.2. The largest absolute Gasteiger partial charge is 0.490 e. The molecule has 2 aromatic carbocycles. The number of hydrogen-bond acceptors (Lipinski definition) is 2. The molecule has 2 nitrogen and oxygen atoms in total. The minimum absolute atomic E-state index is 0.340. The van der Waals surface area contributed by atoms with E-state index in [0.29, 0.717) is 29.0 Å². The van der Waals surface area contributed by atoms with Crippen LogP contribution < -0.4 is 9.47 Å². The third-order valence-electron chi connectivity index (χ3n) is 2.88. The van der Waals surface area contributed by atoms with E-state index < -0.39 is 0 Å². The Kier molecular flexibility index (Phi) is 6.22. The number of hydrogen-bond donors (Lipinski definition) is 0. The van der Waals surface area contributed by atoms with Crippen LogP contribution in [-0.4, -0.2) is 6.61 Å².